The van der Waals surface area contributed by atoms with E-state index in [1.807, 2.05) is 23.1 Å². The molecule has 4 heteroatoms. The van der Waals surface area contributed by atoms with Crippen LogP contribution in [-0.2, 0) is 5.41 Å². The second-order valence-corrected chi connectivity index (χ2v) is 18.9. The van der Waals surface area contributed by atoms with Crippen LogP contribution in [0.1, 0.15) is 22.3 Å². The molecule has 0 saturated heterocycles. The van der Waals surface area contributed by atoms with E-state index in [0.717, 1.165) is 17.1 Å². The summed E-state index contributed by atoms with van der Waals surface area (Å²) in [5.74, 6) is 0. The summed E-state index contributed by atoms with van der Waals surface area (Å²) in [6.45, 7) is 0. The van der Waals surface area contributed by atoms with Gasteiger partial charge in [0.25, 0.3) is 0 Å². The van der Waals surface area contributed by atoms with E-state index in [2.05, 4.69) is 228 Å². The Labute approximate surface area is 372 Å². The molecule has 1 aliphatic heterocycles. The third-order valence-electron chi connectivity index (χ3n) is 13.6. The molecule has 0 saturated carbocycles. The van der Waals surface area contributed by atoms with Crippen LogP contribution >= 0.6 is 23.1 Å². The molecule has 2 aliphatic rings. The van der Waals surface area contributed by atoms with Gasteiger partial charge in [-0.3, -0.25) is 0 Å². The lowest BCUT2D eigenvalue weighted by Crippen LogP contribution is -2.36. The van der Waals surface area contributed by atoms with Crippen molar-refractivity contribution in [1.29, 1.82) is 0 Å². The lowest BCUT2D eigenvalue weighted by Gasteiger charge is -2.46. The van der Waals surface area contributed by atoms with Crippen LogP contribution in [0.4, 0.5) is 17.1 Å². The molecule has 0 fully saturated rings. The summed E-state index contributed by atoms with van der Waals surface area (Å²) < 4.78 is 4.98. The summed E-state index contributed by atoms with van der Waals surface area (Å²) in [4.78, 5) is 5.12. The van der Waals surface area contributed by atoms with E-state index < -0.39 is 5.41 Å². The highest BCUT2D eigenvalue weighted by molar-refractivity contribution is 7.99. The van der Waals surface area contributed by atoms with Crippen LogP contribution in [0.15, 0.2) is 228 Å². The van der Waals surface area contributed by atoms with Gasteiger partial charge in [-0.15, -0.1) is 11.3 Å². The lowest BCUT2D eigenvalue weighted by atomic mass is 9.59. The Hall–Kier alpha value is -7.37. The van der Waals surface area contributed by atoms with Crippen molar-refractivity contribution in [2.24, 2.45) is 0 Å². The number of fused-ring (bicyclic) bond motifs is 14. The number of hydrogen-bond acceptors (Lipinski definition) is 3. The molecule has 1 spiro atoms. The number of thiophene rings is 1. The Morgan fingerprint density at radius 2 is 1.05 bits per heavy atom. The van der Waals surface area contributed by atoms with E-state index in [-0.39, 0.29) is 0 Å². The van der Waals surface area contributed by atoms with Crippen molar-refractivity contribution in [2.75, 3.05) is 4.90 Å². The number of anilines is 3. The predicted octanol–water partition coefficient (Wildman–Crippen LogP) is 16.6. The number of aromatic nitrogens is 1. The summed E-state index contributed by atoms with van der Waals surface area (Å²) in [6.07, 6.45) is 0. The quantitative estimate of drug-likeness (QED) is 0.174. The molecule has 0 bridgehead atoms. The third-order valence-corrected chi connectivity index (χ3v) is 15.9. The fraction of sp³-hybridized carbons (Fsp3) is 0.0169. The van der Waals surface area contributed by atoms with Crippen molar-refractivity contribution in [1.82, 2.24) is 4.57 Å². The first-order valence-electron chi connectivity index (χ1n) is 21.6. The molecule has 2 aromatic heterocycles. The molecule has 1 aliphatic carbocycles. The molecular weight excluding hydrogens is 801 g/mol. The van der Waals surface area contributed by atoms with Gasteiger partial charge in [0.15, 0.2) is 0 Å². The number of para-hydroxylation sites is 2. The van der Waals surface area contributed by atoms with Gasteiger partial charge in [0, 0.05) is 57.8 Å². The zero-order valence-electron chi connectivity index (χ0n) is 34.0. The summed E-state index contributed by atoms with van der Waals surface area (Å²) in [6, 6.07) is 81.8. The van der Waals surface area contributed by atoms with Gasteiger partial charge in [-0.05, 0) is 123 Å². The Morgan fingerprint density at radius 3 is 1.97 bits per heavy atom. The van der Waals surface area contributed by atoms with Crippen molar-refractivity contribution >= 4 is 92.9 Å². The van der Waals surface area contributed by atoms with Crippen molar-refractivity contribution in [3.8, 4) is 16.8 Å². The largest absolute Gasteiger partial charge is 0.310 e. The molecule has 12 aromatic rings. The van der Waals surface area contributed by atoms with Gasteiger partial charge in [-0.2, -0.15) is 0 Å². The average Bonchev–Trinajstić information content (AvgIpc) is 3.89. The van der Waals surface area contributed by atoms with Crippen LogP contribution in [-0.4, -0.2) is 4.57 Å². The molecule has 63 heavy (non-hydrogen) atoms. The topological polar surface area (TPSA) is 8.17 Å². The van der Waals surface area contributed by atoms with Gasteiger partial charge >= 0.3 is 0 Å². The predicted molar refractivity (Wildman–Crippen MR) is 267 cm³/mol. The standard InChI is InChI=1S/C59H36N2S2/c1-2-17-38(18-3-1)61-50-26-9-5-20-42(50)45-35-39(31-33-51(45)61)60(52-27-14-30-56-58(52)44-21-6-10-28-53(44)62-56)40-32-34-55-49(36-40)59(47-24-8-11-29-54(47)63-55)46-23-7-4-19-41(46)43-22-12-15-37-16-13-25-48(59)57(37)43/h1-36H. The second kappa shape index (κ2) is 13.3. The van der Waals surface area contributed by atoms with Crippen LogP contribution < -0.4 is 4.90 Å². The second-order valence-electron chi connectivity index (χ2n) is 16.8. The molecule has 10 aromatic carbocycles. The van der Waals surface area contributed by atoms with E-state index in [4.69, 9.17) is 0 Å². The first-order chi connectivity index (χ1) is 31.3. The molecule has 1 atom stereocenters. The van der Waals surface area contributed by atoms with E-state index in [0.29, 0.717) is 0 Å². The zero-order chi connectivity index (χ0) is 41.2. The highest BCUT2D eigenvalue weighted by atomic mass is 32.2. The zero-order valence-corrected chi connectivity index (χ0v) is 35.6. The number of rotatable bonds is 4. The number of hydrogen-bond donors (Lipinski definition) is 0. The minimum atomic E-state index is -0.558. The maximum absolute atomic E-state index is 2.54. The summed E-state index contributed by atoms with van der Waals surface area (Å²) >= 11 is 3.77. The molecule has 1 unspecified atom stereocenters. The van der Waals surface area contributed by atoms with E-state index in [1.54, 1.807) is 0 Å². The third kappa shape index (κ3) is 4.85. The molecule has 294 valence electrons. The Kier molecular flexibility index (Phi) is 7.45. The minimum Gasteiger partial charge on any atom is -0.310 e. The van der Waals surface area contributed by atoms with Crippen molar-refractivity contribution < 1.29 is 0 Å². The Morgan fingerprint density at radius 1 is 0.397 bits per heavy atom. The molecule has 3 heterocycles. The molecule has 14 rings (SSSR count). The van der Waals surface area contributed by atoms with Crippen molar-refractivity contribution in [3.63, 3.8) is 0 Å². The van der Waals surface area contributed by atoms with Gasteiger partial charge in [0.05, 0.1) is 22.1 Å². The van der Waals surface area contributed by atoms with E-state index in [9.17, 15) is 0 Å². The number of nitrogens with zero attached hydrogens (tertiary/aromatic N) is 2. The summed E-state index contributed by atoms with van der Waals surface area (Å²) in [7, 11) is 0. The highest BCUT2D eigenvalue weighted by Crippen LogP contribution is 2.62. The first kappa shape index (κ1) is 35.2. The Balaban J connectivity index is 1.09. The van der Waals surface area contributed by atoms with E-state index in [1.165, 1.54) is 102 Å². The fourth-order valence-electron chi connectivity index (χ4n) is 11.1. The van der Waals surface area contributed by atoms with Gasteiger partial charge in [0.2, 0.25) is 0 Å². The van der Waals surface area contributed by atoms with Crippen LogP contribution in [0.2, 0.25) is 0 Å². The fourth-order valence-corrected chi connectivity index (χ4v) is 13.4. The van der Waals surface area contributed by atoms with Gasteiger partial charge in [-0.25, -0.2) is 0 Å². The molecule has 0 amide bonds. The van der Waals surface area contributed by atoms with Gasteiger partial charge in [-0.1, -0.05) is 151 Å². The monoisotopic (exact) mass is 836 g/mol. The van der Waals surface area contributed by atoms with Crippen LogP contribution in [0, 0.1) is 0 Å². The molecular formula is C59H36N2S2. The minimum absolute atomic E-state index is 0.558. The first-order valence-corrected chi connectivity index (χ1v) is 23.2. The summed E-state index contributed by atoms with van der Waals surface area (Å²) in [5.41, 5.74) is 14.3. The van der Waals surface area contributed by atoms with Crippen LogP contribution in [0.5, 0.6) is 0 Å². The normalized spacial score (nSPS) is 15.0. The van der Waals surface area contributed by atoms with Crippen molar-refractivity contribution in [3.05, 3.63) is 241 Å². The smallest absolute Gasteiger partial charge is 0.0736 e. The Bertz CT molecular complexity index is 3850. The maximum atomic E-state index is 2.54. The average molecular weight is 837 g/mol. The highest BCUT2D eigenvalue weighted by Gasteiger charge is 2.48. The van der Waals surface area contributed by atoms with Crippen LogP contribution in [0.3, 0.4) is 0 Å². The van der Waals surface area contributed by atoms with Gasteiger partial charge in [0.1, 0.15) is 0 Å². The SMILES string of the molecule is c1ccc(-n2c3ccccc3c3cc(N(c4ccc5c(c4)C4(c6ccccc6S5)c5ccccc5-c5cccc6cccc4c56)c4cccc5sc6ccccc6c45)ccc32)cc1. The lowest BCUT2D eigenvalue weighted by molar-refractivity contribution is 0.707. The van der Waals surface area contributed by atoms with E-state index >= 15 is 0 Å². The summed E-state index contributed by atoms with van der Waals surface area (Å²) in [5, 5.41) is 7.63. The maximum Gasteiger partial charge on any atom is 0.0736 e. The van der Waals surface area contributed by atoms with Crippen molar-refractivity contribution in [2.45, 2.75) is 15.2 Å². The number of benzene rings is 10. The molecule has 0 N–H and O–H groups in total. The van der Waals surface area contributed by atoms with Gasteiger partial charge < -0.3 is 9.47 Å². The molecule has 2 nitrogen and oxygen atoms in total. The molecule has 0 radical (unpaired) electrons. The van der Waals surface area contributed by atoms with Crippen LogP contribution in [0.25, 0.3) is 69.6 Å².